The number of pyridine rings is 1. The molecule has 5 heteroatoms. The molecule has 0 atom stereocenters. The Labute approximate surface area is 118 Å². The summed E-state index contributed by atoms with van der Waals surface area (Å²) in [6.07, 6.45) is 5.83. The van der Waals surface area contributed by atoms with Gasteiger partial charge < -0.3 is 10.6 Å². The molecule has 0 bridgehead atoms. The first-order valence-electron chi connectivity index (χ1n) is 7.06. The normalized spacial score (nSPS) is 16.4. The van der Waals surface area contributed by atoms with Crippen molar-refractivity contribution in [3.63, 3.8) is 0 Å². The van der Waals surface area contributed by atoms with Crippen LogP contribution in [0, 0.1) is 5.92 Å². The fraction of sp³-hybridized carbons (Fsp3) is 0.400. The quantitative estimate of drug-likeness (QED) is 0.918. The lowest BCUT2D eigenvalue weighted by Crippen LogP contribution is -2.37. The lowest BCUT2D eigenvalue weighted by atomic mass is 9.97. The van der Waals surface area contributed by atoms with Gasteiger partial charge in [-0.3, -0.25) is 4.98 Å². The van der Waals surface area contributed by atoms with Gasteiger partial charge in [-0.05, 0) is 43.5 Å². The first-order valence-corrected chi connectivity index (χ1v) is 7.06. The number of piperidine rings is 1. The van der Waals surface area contributed by atoms with Gasteiger partial charge in [-0.1, -0.05) is 6.07 Å². The first-order chi connectivity index (χ1) is 9.86. The second kappa shape index (κ2) is 5.96. The molecular formula is C15H19N5. The van der Waals surface area contributed by atoms with Crippen molar-refractivity contribution in [2.75, 3.05) is 24.5 Å². The summed E-state index contributed by atoms with van der Waals surface area (Å²) in [6.45, 7) is 2.74. The van der Waals surface area contributed by atoms with Gasteiger partial charge in [0.05, 0.1) is 11.4 Å². The molecule has 1 aliphatic rings. The van der Waals surface area contributed by atoms with E-state index in [0.29, 0.717) is 5.92 Å². The van der Waals surface area contributed by atoms with E-state index in [4.69, 9.17) is 5.73 Å². The van der Waals surface area contributed by atoms with Gasteiger partial charge >= 0.3 is 0 Å². The molecule has 1 fully saturated rings. The molecule has 1 saturated heterocycles. The second-order valence-corrected chi connectivity index (χ2v) is 5.12. The van der Waals surface area contributed by atoms with Crippen LogP contribution in [-0.4, -0.2) is 34.6 Å². The van der Waals surface area contributed by atoms with E-state index >= 15 is 0 Å². The van der Waals surface area contributed by atoms with Crippen LogP contribution in [0.25, 0.3) is 11.4 Å². The predicted octanol–water partition coefficient (Wildman–Crippen LogP) is 1.71. The summed E-state index contributed by atoms with van der Waals surface area (Å²) in [5, 5.41) is 0. The maximum Gasteiger partial charge on any atom is 0.225 e. The lowest BCUT2D eigenvalue weighted by Gasteiger charge is -2.31. The van der Waals surface area contributed by atoms with E-state index < -0.39 is 0 Å². The molecule has 3 heterocycles. The smallest absolute Gasteiger partial charge is 0.225 e. The maximum absolute atomic E-state index is 5.73. The van der Waals surface area contributed by atoms with Gasteiger partial charge in [0.25, 0.3) is 0 Å². The zero-order valence-corrected chi connectivity index (χ0v) is 11.4. The summed E-state index contributed by atoms with van der Waals surface area (Å²) in [7, 11) is 0. The van der Waals surface area contributed by atoms with Gasteiger partial charge in [0, 0.05) is 25.5 Å². The van der Waals surface area contributed by atoms with E-state index in [-0.39, 0.29) is 0 Å². The summed E-state index contributed by atoms with van der Waals surface area (Å²) in [5.74, 6) is 1.44. The zero-order chi connectivity index (χ0) is 13.8. The van der Waals surface area contributed by atoms with E-state index in [1.807, 2.05) is 24.3 Å². The molecule has 3 rings (SSSR count). The number of anilines is 1. The average Bonchev–Trinajstić information content (AvgIpc) is 2.56. The SMILES string of the molecule is NCC1CCN(c2nccc(-c3ccccn3)n2)CC1. The number of nitrogens with zero attached hydrogens (tertiary/aromatic N) is 4. The van der Waals surface area contributed by atoms with Crippen molar-refractivity contribution in [2.45, 2.75) is 12.8 Å². The largest absolute Gasteiger partial charge is 0.341 e. The minimum absolute atomic E-state index is 0.644. The number of hydrogen-bond donors (Lipinski definition) is 1. The van der Waals surface area contributed by atoms with Gasteiger partial charge in [-0.2, -0.15) is 0 Å². The fourth-order valence-electron chi connectivity index (χ4n) is 2.53. The third-order valence-corrected chi connectivity index (χ3v) is 3.80. The maximum atomic E-state index is 5.73. The minimum Gasteiger partial charge on any atom is -0.341 e. The number of rotatable bonds is 3. The molecule has 0 aliphatic carbocycles. The van der Waals surface area contributed by atoms with Crippen molar-refractivity contribution in [3.05, 3.63) is 36.7 Å². The molecule has 2 aromatic rings. The van der Waals surface area contributed by atoms with Crippen LogP contribution in [0.1, 0.15) is 12.8 Å². The van der Waals surface area contributed by atoms with Crippen LogP contribution in [0.4, 0.5) is 5.95 Å². The van der Waals surface area contributed by atoms with E-state index in [0.717, 1.165) is 49.8 Å². The standard InChI is InChI=1S/C15H19N5/c16-11-12-5-9-20(10-6-12)15-18-8-4-14(19-15)13-3-1-2-7-17-13/h1-4,7-8,12H,5-6,9-11,16H2. The number of hydrogen-bond acceptors (Lipinski definition) is 5. The van der Waals surface area contributed by atoms with E-state index in [2.05, 4.69) is 19.9 Å². The van der Waals surface area contributed by atoms with Crippen molar-refractivity contribution in [2.24, 2.45) is 11.7 Å². The Bertz CT molecular complexity index is 549. The third kappa shape index (κ3) is 2.77. The van der Waals surface area contributed by atoms with Crippen molar-refractivity contribution in [1.29, 1.82) is 0 Å². The summed E-state index contributed by atoms with van der Waals surface area (Å²) >= 11 is 0. The molecular weight excluding hydrogens is 250 g/mol. The molecule has 5 nitrogen and oxygen atoms in total. The summed E-state index contributed by atoms with van der Waals surface area (Å²) in [5.41, 5.74) is 7.48. The van der Waals surface area contributed by atoms with Crippen LogP contribution < -0.4 is 10.6 Å². The van der Waals surface area contributed by atoms with Crippen LogP contribution in [0.5, 0.6) is 0 Å². The van der Waals surface area contributed by atoms with Gasteiger partial charge in [-0.25, -0.2) is 9.97 Å². The zero-order valence-electron chi connectivity index (χ0n) is 11.4. The Morgan fingerprint density at radius 1 is 1.05 bits per heavy atom. The van der Waals surface area contributed by atoms with E-state index in [1.54, 1.807) is 12.4 Å². The van der Waals surface area contributed by atoms with E-state index in [9.17, 15) is 0 Å². The molecule has 104 valence electrons. The van der Waals surface area contributed by atoms with Crippen LogP contribution in [0.2, 0.25) is 0 Å². The second-order valence-electron chi connectivity index (χ2n) is 5.12. The van der Waals surface area contributed by atoms with Gasteiger partial charge in [-0.15, -0.1) is 0 Å². The van der Waals surface area contributed by atoms with E-state index in [1.165, 1.54) is 0 Å². The minimum atomic E-state index is 0.644. The van der Waals surface area contributed by atoms with Crippen molar-refractivity contribution in [3.8, 4) is 11.4 Å². The monoisotopic (exact) mass is 269 g/mol. The molecule has 0 amide bonds. The van der Waals surface area contributed by atoms with Crippen molar-refractivity contribution < 1.29 is 0 Å². The molecule has 0 aromatic carbocycles. The predicted molar refractivity (Wildman–Crippen MR) is 79.3 cm³/mol. The molecule has 2 N–H and O–H groups in total. The summed E-state index contributed by atoms with van der Waals surface area (Å²) in [6, 6.07) is 7.74. The Morgan fingerprint density at radius 3 is 2.60 bits per heavy atom. The van der Waals surface area contributed by atoms with Gasteiger partial charge in [0.2, 0.25) is 5.95 Å². The van der Waals surface area contributed by atoms with Crippen molar-refractivity contribution in [1.82, 2.24) is 15.0 Å². The summed E-state index contributed by atoms with van der Waals surface area (Å²) < 4.78 is 0. The molecule has 1 aliphatic heterocycles. The van der Waals surface area contributed by atoms with Crippen LogP contribution in [0.15, 0.2) is 36.7 Å². The van der Waals surface area contributed by atoms with Gasteiger partial charge in [0.15, 0.2) is 0 Å². The first kappa shape index (κ1) is 13.0. The van der Waals surface area contributed by atoms with Crippen LogP contribution >= 0.6 is 0 Å². The highest BCUT2D eigenvalue weighted by Gasteiger charge is 2.20. The lowest BCUT2D eigenvalue weighted by molar-refractivity contribution is 0.411. The Morgan fingerprint density at radius 2 is 1.90 bits per heavy atom. The Kier molecular flexibility index (Phi) is 3.87. The average molecular weight is 269 g/mol. The Hall–Kier alpha value is -2.01. The summed E-state index contributed by atoms with van der Waals surface area (Å²) in [4.78, 5) is 15.6. The van der Waals surface area contributed by atoms with Crippen molar-refractivity contribution >= 4 is 5.95 Å². The number of nitrogens with two attached hydrogens (primary N) is 1. The van der Waals surface area contributed by atoms with Gasteiger partial charge in [0.1, 0.15) is 0 Å². The fourth-order valence-corrected chi connectivity index (χ4v) is 2.53. The highest BCUT2D eigenvalue weighted by molar-refractivity contribution is 5.55. The molecule has 20 heavy (non-hydrogen) atoms. The highest BCUT2D eigenvalue weighted by Crippen LogP contribution is 2.21. The number of aromatic nitrogens is 3. The third-order valence-electron chi connectivity index (χ3n) is 3.80. The molecule has 0 radical (unpaired) electrons. The van der Waals surface area contributed by atoms with Crippen LogP contribution in [0.3, 0.4) is 0 Å². The Balaban J connectivity index is 1.78. The topological polar surface area (TPSA) is 67.9 Å². The molecule has 0 unspecified atom stereocenters. The molecule has 2 aromatic heterocycles. The molecule has 0 spiro atoms. The highest BCUT2D eigenvalue weighted by atomic mass is 15.3. The van der Waals surface area contributed by atoms with Crippen LogP contribution in [-0.2, 0) is 0 Å². The molecule has 0 saturated carbocycles.